The summed E-state index contributed by atoms with van der Waals surface area (Å²) in [5.74, 6) is 0.436. The van der Waals surface area contributed by atoms with Gasteiger partial charge in [-0.05, 0) is 31.9 Å². The van der Waals surface area contributed by atoms with E-state index in [2.05, 4.69) is 5.16 Å². The molecular weight excluding hydrogens is 330 g/mol. The summed E-state index contributed by atoms with van der Waals surface area (Å²) < 4.78 is 5.10. The number of benzene rings is 1. The standard InChI is InChI=1S/C20H23N3O3/c1-15-19(16(2)26-21-15)20(25)23-12-6-11-22(13-14-23)18(24)10-9-17-7-4-3-5-8-17/h3-5,7-10H,6,11-14H2,1-2H3. The third-order valence-corrected chi connectivity index (χ3v) is 4.56. The molecule has 2 aromatic rings. The maximum atomic E-state index is 12.8. The Bertz CT molecular complexity index is 791. The van der Waals surface area contributed by atoms with Crippen LogP contribution in [-0.2, 0) is 4.79 Å². The van der Waals surface area contributed by atoms with Gasteiger partial charge in [0, 0.05) is 32.3 Å². The SMILES string of the molecule is Cc1noc(C)c1C(=O)N1CCCN(C(=O)C=Cc2ccccc2)CC1. The fourth-order valence-corrected chi connectivity index (χ4v) is 3.12. The number of hydrogen-bond donors (Lipinski definition) is 0. The van der Waals surface area contributed by atoms with E-state index in [0.29, 0.717) is 43.2 Å². The molecule has 1 aliphatic heterocycles. The summed E-state index contributed by atoms with van der Waals surface area (Å²) in [5.41, 5.74) is 2.13. The highest BCUT2D eigenvalue weighted by atomic mass is 16.5. The highest BCUT2D eigenvalue weighted by molar-refractivity contribution is 5.96. The molecule has 0 unspecified atom stereocenters. The summed E-state index contributed by atoms with van der Waals surface area (Å²) in [4.78, 5) is 28.8. The molecule has 0 N–H and O–H groups in total. The van der Waals surface area contributed by atoms with Crippen molar-refractivity contribution in [1.82, 2.24) is 15.0 Å². The Hall–Kier alpha value is -2.89. The van der Waals surface area contributed by atoms with Gasteiger partial charge in [-0.2, -0.15) is 0 Å². The van der Waals surface area contributed by atoms with Crippen molar-refractivity contribution in [3.05, 3.63) is 59.0 Å². The predicted molar refractivity (Wildman–Crippen MR) is 98.6 cm³/mol. The molecule has 6 nitrogen and oxygen atoms in total. The minimum Gasteiger partial charge on any atom is -0.361 e. The summed E-state index contributed by atoms with van der Waals surface area (Å²) in [5, 5.41) is 3.86. The van der Waals surface area contributed by atoms with Gasteiger partial charge in [0.15, 0.2) is 0 Å². The van der Waals surface area contributed by atoms with Crippen molar-refractivity contribution >= 4 is 17.9 Å². The average Bonchev–Trinajstić information content (AvgIpc) is 2.86. The van der Waals surface area contributed by atoms with Crippen molar-refractivity contribution in [3.8, 4) is 0 Å². The highest BCUT2D eigenvalue weighted by Gasteiger charge is 2.26. The van der Waals surface area contributed by atoms with Crippen LogP contribution in [0.5, 0.6) is 0 Å². The molecule has 1 aromatic carbocycles. The molecular formula is C20H23N3O3. The number of aromatic nitrogens is 1. The van der Waals surface area contributed by atoms with E-state index in [1.165, 1.54) is 0 Å². The minimum absolute atomic E-state index is 0.0273. The molecule has 0 spiro atoms. The molecule has 1 aromatic heterocycles. The highest BCUT2D eigenvalue weighted by Crippen LogP contribution is 2.16. The summed E-state index contributed by atoms with van der Waals surface area (Å²) in [7, 11) is 0. The summed E-state index contributed by atoms with van der Waals surface area (Å²) in [6.07, 6.45) is 4.17. The molecule has 0 radical (unpaired) electrons. The lowest BCUT2D eigenvalue weighted by Crippen LogP contribution is -2.37. The Labute approximate surface area is 153 Å². The van der Waals surface area contributed by atoms with Gasteiger partial charge in [0.25, 0.3) is 5.91 Å². The van der Waals surface area contributed by atoms with Crippen molar-refractivity contribution in [3.63, 3.8) is 0 Å². The zero-order valence-corrected chi connectivity index (χ0v) is 15.1. The van der Waals surface area contributed by atoms with Gasteiger partial charge in [-0.15, -0.1) is 0 Å². The lowest BCUT2D eigenvalue weighted by Gasteiger charge is -2.21. The number of aryl methyl sites for hydroxylation is 2. The van der Waals surface area contributed by atoms with E-state index in [-0.39, 0.29) is 11.8 Å². The van der Waals surface area contributed by atoms with Crippen LogP contribution in [0.3, 0.4) is 0 Å². The van der Waals surface area contributed by atoms with Gasteiger partial charge in [0.2, 0.25) is 5.91 Å². The number of carbonyl (C=O) groups is 2. The van der Waals surface area contributed by atoms with E-state index in [1.807, 2.05) is 36.4 Å². The van der Waals surface area contributed by atoms with Crippen LogP contribution in [0.4, 0.5) is 0 Å². The molecule has 0 saturated carbocycles. The number of rotatable bonds is 3. The quantitative estimate of drug-likeness (QED) is 0.796. The topological polar surface area (TPSA) is 66.7 Å². The fourth-order valence-electron chi connectivity index (χ4n) is 3.12. The zero-order valence-electron chi connectivity index (χ0n) is 15.1. The summed E-state index contributed by atoms with van der Waals surface area (Å²) in [6, 6.07) is 9.73. The van der Waals surface area contributed by atoms with Crippen LogP contribution in [0.25, 0.3) is 6.08 Å². The van der Waals surface area contributed by atoms with E-state index in [0.717, 1.165) is 12.0 Å². The molecule has 0 bridgehead atoms. The van der Waals surface area contributed by atoms with Crippen LogP contribution < -0.4 is 0 Å². The Kier molecular flexibility index (Phi) is 5.51. The molecule has 0 aliphatic carbocycles. The second-order valence-electron chi connectivity index (χ2n) is 6.41. The maximum Gasteiger partial charge on any atom is 0.259 e. The van der Waals surface area contributed by atoms with Crippen molar-refractivity contribution in [1.29, 1.82) is 0 Å². The second-order valence-corrected chi connectivity index (χ2v) is 6.41. The average molecular weight is 353 g/mol. The van der Waals surface area contributed by atoms with Crippen LogP contribution in [0.1, 0.15) is 33.8 Å². The molecule has 136 valence electrons. The number of nitrogens with zero attached hydrogens (tertiary/aromatic N) is 3. The third-order valence-electron chi connectivity index (χ3n) is 4.56. The van der Waals surface area contributed by atoms with Crippen molar-refractivity contribution in [2.75, 3.05) is 26.2 Å². The molecule has 6 heteroatoms. The van der Waals surface area contributed by atoms with E-state index in [9.17, 15) is 9.59 Å². The van der Waals surface area contributed by atoms with Gasteiger partial charge in [-0.25, -0.2) is 0 Å². The molecule has 0 atom stereocenters. The van der Waals surface area contributed by atoms with Crippen LogP contribution in [-0.4, -0.2) is 52.9 Å². The molecule has 1 fully saturated rings. The Morgan fingerprint density at radius 2 is 1.73 bits per heavy atom. The number of carbonyl (C=O) groups excluding carboxylic acids is 2. The molecule has 26 heavy (non-hydrogen) atoms. The van der Waals surface area contributed by atoms with Crippen LogP contribution in [0, 0.1) is 13.8 Å². The van der Waals surface area contributed by atoms with E-state index in [4.69, 9.17) is 4.52 Å². The first-order valence-electron chi connectivity index (χ1n) is 8.80. The van der Waals surface area contributed by atoms with Gasteiger partial charge >= 0.3 is 0 Å². The lowest BCUT2D eigenvalue weighted by molar-refractivity contribution is -0.125. The van der Waals surface area contributed by atoms with Gasteiger partial charge in [-0.1, -0.05) is 35.5 Å². The summed E-state index contributed by atoms with van der Waals surface area (Å²) >= 11 is 0. The normalized spacial score (nSPS) is 15.3. The van der Waals surface area contributed by atoms with Gasteiger partial charge in [-0.3, -0.25) is 9.59 Å². The largest absolute Gasteiger partial charge is 0.361 e. The second kappa shape index (κ2) is 7.99. The minimum atomic E-state index is -0.0737. The predicted octanol–water partition coefficient (Wildman–Crippen LogP) is 2.68. The third kappa shape index (κ3) is 4.02. The molecule has 2 heterocycles. The Morgan fingerprint density at radius 3 is 2.42 bits per heavy atom. The van der Waals surface area contributed by atoms with Crippen molar-refractivity contribution < 1.29 is 14.1 Å². The lowest BCUT2D eigenvalue weighted by atomic mass is 10.1. The number of hydrogen-bond acceptors (Lipinski definition) is 4. The Morgan fingerprint density at radius 1 is 1.04 bits per heavy atom. The zero-order chi connectivity index (χ0) is 18.5. The van der Waals surface area contributed by atoms with E-state index < -0.39 is 0 Å². The van der Waals surface area contributed by atoms with Crippen molar-refractivity contribution in [2.24, 2.45) is 0 Å². The monoisotopic (exact) mass is 353 g/mol. The van der Waals surface area contributed by atoms with Crippen LogP contribution in [0.15, 0.2) is 40.9 Å². The van der Waals surface area contributed by atoms with Gasteiger partial charge in [0.05, 0.1) is 5.69 Å². The van der Waals surface area contributed by atoms with Gasteiger partial charge in [0.1, 0.15) is 11.3 Å². The fraction of sp³-hybridized carbons (Fsp3) is 0.350. The van der Waals surface area contributed by atoms with Crippen LogP contribution in [0.2, 0.25) is 0 Å². The number of amides is 2. The molecule has 1 saturated heterocycles. The molecule has 3 rings (SSSR count). The summed E-state index contributed by atoms with van der Waals surface area (Å²) in [6.45, 7) is 5.81. The maximum absolute atomic E-state index is 12.8. The molecule has 1 aliphatic rings. The van der Waals surface area contributed by atoms with Gasteiger partial charge < -0.3 is 14.3 Å². The smallest absolute Gasteiger partial charge is 0.259 e. The van der Waals surface area contributed by atoms with E-state index >= 15 is 0 Å². The first kappa shape index (κ1) is 17.9. The Balaban J connectivity index is 1.62. The van der Waals surface area contributed by atoms with E-state index in [1.54, 1.807) is 29.7 Å². The first-order valence-corrected chi connectivity index (χ1v) is 8.80. The molecule has 2 amide bonds. The van der Waals surface area contributed by atoms with Crippen molar-refractivity contribution in [2.45, 2.75) is 20.3 Å². The van der Waals surface area contributed by atoms with Crippen LogP contribution >= 0.6 is 0 Å². The first-order chi connectivity index (χ1) is 12.6.